The lowest BCUT2D eigenvalue weighted by Crippen LogP contribution is -2.17. The fraction of sp³-hybridized carbons (Fsp3) is 0.467. The van der Waals surface area contributed by atoms with Crippen LogP contribution in [0.15, 0.2) is 24.3 Å². The van der Waals surface area contributed by atoms with Gasteiger partial charge in [0.2, 0.25) is 5.91 Å². The van der Waals surface area contributed by atoms with Crippen molar-refractivity contribution < 1.29 is 14.7 Å². The lowest BCUT2D eigenvalue weighted by atomic mass is 10.0. The number of rotatable bonds is 9. The van der Waals surface area contributed by atoms with E-state index in [1.54, 1.807) is 12.1 Å². The van der Waals surface area contributed by atoms with Gasteiger partial charge in [-0.05, 0) is 43.0 Å². The van der Waals surface area contributed by atoms with E-state index in [0.29, 0.717) is 17.9 Å². The number of carboxylic acid groups (broad SMARTS) is 1. The van der Waals surface area contributed by atoms with Crippen molar-refractivity contribution in [3.8, 4) is 0 Å². The van der Waals surface area contributed by atoms with Crippen LogP contribution in [-0.4, -0.2) is 23.5 Å². The number of carboxylic acids is 1. The molecule has 0 spiro atoms. The zero-order valence-corrected chi connectivity index (χ0v) is 11.8. The summed E-state index contributed by atoms with van der Waals surface area (Å²) < 4.78 is 0. The average Bonchev–Trinajstić information content (AvgIpc) is 2.42. The molecule has 5 heteroatoms. The van der Waals surface area contributed by atoms with Crippen molar-refractivity contribution in [2.75, 3.05) is 6.54 Å². The standard InChI is InChI=1S/C15H22N2O3/c1-11(2-7-14(18)19)8-9-17-10-12-3-5-13(6-4-12)15(16)20/h3-6,11,17H,2,7-10H2,1H3,(H2,16,20)(H,18,19). The molecule has 0 fully saturated rings. The van der Waals surface area contributed by atoms with Gasteiger partial charge >= 0.3 is 5.97 Å². The van der Waals surface area contributed by atoms with Gasteiger partial charge in [-0.25, -0.2) is 0 Å². The van der Waals surface area contributed by atoms with Crippen LogP contribution < -0.4 is 11.1 Å². The molecule has 1 aromatic carbocycles. The average molecular weight is 278 g/mol. The zero-order chi connectivity index (χ0) is 15.0. The number of hydrogen-bond acceptors (Lipinski definition) is 3. The van der Waals surface area contributed by atoms with Crippen molar-refractivity contribution in [1.29, 1.82) is 0 Å². The fourth-order valence-corrected chi connectivity index (χ4v) is 1.88. The molecule has 1 amide bonds. The van der Waals surface area contributed by atoms with E-state index in [-0.39, 0.29) is 6.42 Å². The van der Waals surface area contributed by atoms with Crippen LogP contribution in [0.3, 0.4) is 0 Å². The molecule has 0 aromatic heterocycles. The molecular formula is C15H22N2O3. The Bertz CT molecular complexity index is 443. The molecule has 1 aromatic rings. The lowest BCUT2D eigenvalue weighted by Gasteiger charge is -2.10. The van der Waals surface area contributed by atoms with Crippen LogP contribution in [0.4, 0.5) is 0 Å². The number of carbonyl (C=O) groups excluding carboxylic acids is 1. The van der Waals surface area contributed by atoms with E-state index in [2.05, 4.69) is 12.2 Å². The van der Waals surface area contributed by atoms with Gasteiger partial charge in [-0.2, -0.15) is 0 Å². The molecule has 1 atom stereocenters. The first kappa shape index (κ1) is 16.2. The number of primary amides is 1. The summed E-state index contributed by atoms with van der Waals surface area (Å²) in [6, 6.07) is 7.19. The minimum absolute atomic E-state index is 0.232. The summed E-state index contributed by atoms with van der Waals surface area (Å²) in [4.78, 5) is 21.4. The Morgan fingerprint density at radius 2 is 1.90 bits per heavy atom. The maximum Gasteiger partial charge on any atom is 0.303 e. The summed E-state index contributed by atoms with van der Waals surface area (Å²) in [5, 5.41) is 11.9. The molecule has 0 aliphatic carbocycles. The van der Waals surface area contributed by atoms with Crippen molar-refractivity contribution in [1.82, 2.24) is 5.32 Å². The minimum Gasteiger partial charge on any atom is -0.481 e. The van der Waals surface area contributed by atoms with E-state index in [1.165, 1.54) is 0 Å². The fourth-order valence-electron chi connectivity index (χ4n) is 1.88. The highest BCUT2D eigenvalue weighted by Gasteiger charge is 2.05. The third-order valence-electron chi connectivity index (χ3n) is 3.23. The maximum absolute atomic E-state index is 10.9. The van der Waals surface area contributed by atoms with E-state index >= 15 is 0 Å². The zero-order valence-electron chi connectivity index (χ0n) is 11.8. The van der Waals surface area contributed by atoms with Crippen LogP contribution in [0, 0.1) is 5.92 Å². The quantitative estimate of drug-likeness (QED) is 0.600. The maximum atomic E-state index is 10.9. The van der Waals surface area contributed by atoms with Gasteiger partial charge in [0.25, 0.3) is 0 Å². The Morgan fingerprint density at radius 1 is 1.25 bits per heavy atom. The van der Waals surface area contributed by atoms with Crippen LogP contribution >= 0.6 is 0 Å². The molecule has 110 valence electrons. The van der Waals surface area contributed by atoms with Gasteiger partial charge in [0, 0.05) is 18.5 Å². The van der Waals surface area contributed by atoms with Crippen molar-refractivity contribution in [3.05, 3.63) is 35.4 Å². The molecule has 0 heterocycles. The van der Waals surface area contributed by atoms with Gasteiger partial charge in [-0.1, -0.05) is 19.1 Å². The molecule has 0 aliphatic rings. The van der Waals surface area contributed by atoms with Crippen LogP contribution in [0.1, 0.15) is 42.1 Å². The predicted octanol–water partition coefficient (Wildman–Crippen LogP) is 1.77. The summed E-state index contributed by atoms with van der Waals surface area (Å²) in [6.45, 7) is 3.63. The number of aliphatic carboxylic acids is 1. The third kappa shape index (κ3) is 6.33. The first-order valence-corrected chi connectivity index (χ1v) is 6.80. The van der Waals surface area contributed by atoms with Crippen LogP contribution in [-0.2, 0) is 11.3 Å². The second-order valence-corrected chi connectivity index (χ2v) is 5.06. The number of benzene rings is 1. The molecule has 1 unspecified atom stereocenters. The van der Waals surface area contributed by atoms with Crippen molar-refractivity contribution in [2.24, 2.45) is 11.7 Å². The van der Waals surface area contributed by atoms with Gasteiger partial charge in [0.1, 0.15) is 0 Å². The predicted molar refractivity (Wildman–Crippen MR) is 77.3 cm³/mol. The van der Waals surface area contributed by atoms with Gasteiger partial charge < -0.3 is 16.2 Å². The number of nitrogens with one attached hydrogen (secondary N) is 1. The molecule has 0 saturated heterocycles. The lowest BCUT2D eigenvalue weighted by molar-refractivity contribution is -0.137. The van der Waals surface area contributed by atoms with Crippen molar-refractivity contribution in [2.45, 2.75) is 32.7 Å². The Kier molecular flexibility index (Phi) is 6.73. The third-order valence-corrected chi connectivity index (χ3v) is 3.23. The molecule has 1 rings (SSSR count). The van der Waals surface area contributed by atoms with E-state index in [9.17, 15) is 9.59 Å². The molecule has 0 radical (unpaired) electrons. The number of hydrogen-bond donors (Lipinski definition) is 3. The number of nitrogens with two attached hydrogens (primary N) is 1. The topological polar surface area (TPSA) is 92.4 Å². The number of amides is 1. The van der Waals surface area contributed by atoms with E-state index in [1.807, 2.05) is 12.1 Å². The Morgan fingerprint density at radius 3 is 2.45 bits per heavy atom. The smallest absolute Gasteiger partial charge is 0.303 e. The van der Waals surface area contributed by atoms with Crippen molar-refractivity contribution in [3.63, 3.8) is 0 Å². The van der Waals surface area contributed by atoms with Crippen LogP contribution in [0.5, 0.6) is 0 Å². The van der Waals surface area contributed by atoms with Gasteiger partial charge in [0.05, 0.1) is 0 Å². The minimum atomic E-state index is -0.737. The number of carbonyl (C=O) groups is 2. The Hall–Kier alpha value is -1.88. The molecule has 0 saturated carbocycles. The highest BCUT2D eigenvalue weighted by Crippen LogP contribution is 2.09. The summed E-state index contributed by atoms with van der Waals surface area (Å²) in [5.41, 5.74) is 6.77. The second kappa shape index (κ2) is 8.32. The normalized spacial score (nSPS) is 12.1. The summed E-state index contributed by atoms with van der Waals surface area (Å²) >= 11 is 0. The summed E-state index contributed by atoms with van der Waals surface area (Å²) in [7, 11) is 0. The molecule has 20 heavy (non-hydrogen) atoms. The van der Waals surface area contributed by atoms with Crippen LogP contribution in [0.2, 0.25) is 0 Å². The van der Waals surface area contributed by atoms with E-state index < -0.39 is 11.9 Å². The molecule has 4 N–H and O–H groups in total. The molecular weight excluding hydrogens is 256 g/mol. The SMILES string of the molecule is CC(CCNCc1ccc(C(N)=O)cc1)CCC(=O)O. The summed E-state index contributed by atoms with van der Waals surface area (Å²) in [6.07, 6.45) is 1.90. The largest absolute Gasteiger partial charge is 0.481 e. The monoisotopic (exact) mass is 278 g/mol. The molecule has 0 aliphatic heterocycles. The van der Waals surface area contributed by atoms with Gasteiger partial charge in [-0.3, -0.25) is 9.59 Å². The molecule has 0 bridgehead atoms. The highest BCUT2D eigenvalue weighted by molar-refractivity contribution is 5.92. The van der Waals surface area contributed by atoms with E-state index in [0.717, 1.165) is 25.1 Å². The summed E-state index contributed by atoms with van der Waals surface area (Å²) in [5.74, 6) is -0.757. The van der Waals surface area contributed by atoms with Gasteiger partial charge in [-0.15, -0.1) is 0 Å². The van der Waals surface area contributed by atoms with Crippen molar-refractivity contribution >= 4 is 11.9 Å². The van der Waals surface area contributed by atoms with Crippen LogP contribution in [0.25, 0.3) is 0 Å². The first-order chi connectivity index (χ1) is 9.49. The molecule has 5 nitrogen and oxygen atoms in total. The first-order valence-electron chi connectivity index (χ1n) is 6.80. The highest BCUT2D eigenvalue weighted by atomic mass is 16.4. The Labute approximate surface area is 119 Å². The second-order valence-electron chi connectivity index (χ2n) is 5.06. The van der Waals surface area contributed by atoms with E-state index in [4.69, 9.17) is 10.8 Å². The van der Waals surface area contributed by atoms with Gasteiger partial charge in [0.15, 0.2) is 0 Å². The Balaban J connectivity index is 2.20.